The van der Waals surface area contributed by atoms with E-state index < -0.39 is 5.82 Å². The largest absolute Gasteiger partial charge is 0.329 e. The maximum absolute atomic E-state index is 14.1. The van der Waals surface area contributed by atoms with Crippen molar-refractivity contribution in [2.45, 2.75) is 6.04 Å². The van der Waals surface area contributed by atoms with E-state index in [1.807, 2.05) is 12.1 Å². The Hall–Kier alpha value is -1.79. The lowest BCUT2D eigenvalue weighted by atomic mass is 10.0. The SMILES string of the molecule is O=C(c1ccc(Br)cc1F)N1CCNCC1c1cccnc1. The number of carbonyl (C=O) groups excluding carboxylic acids is 1. The highest BCUT2D eigenvalue weighted by atomic mass is 79.9. The number of amides is 1. The molecule has 1 aromatic carbocycles. The van der Waals surface area contributed by atoms with Crippen LogP contribution in [0.15, 0.2) is 47.2 Å². The molecule has 1 aliphatic heterocycles. The fourth-order valence-corrected chi connectivity index (χ4v) is 2.97. The van der Waals surface area contributed by atoms with Gasteiger partial charge in [-0.1, -0.05) is 22.0 Å². The molecule has 2 aromatic rings. The van der Waals surface area contributed by atoms with Gasteiger partial charge in [0.05, 0.1) is 11.6 Å². The number of hydrogen-bond acceptors (Lipinski definition) is 3. The first-order chi connectivity index (χ1) is 10.7. The highest BCUT2D eigenvalue weighted by Crippen LogP contribution is 2.25. The number of carbonyl (C=O) groups is 1. The maximum Gasteiger partial charge on any atom is 0.257 e. The Morgan fingerprint density at radius 3 is 3.00 bits per heavy atom. The van der Waals surface area contributed by atoms with Crippen LogP contribution in [0.25, 0.3) is 0 Å². The number of aromatic nitrogens is 1. The minimum atomic E-state index is -0.511. The summed E-state index contributed by atoms with van der Waals surface area (Å²) < 4.78 is 14.7. The van der Waals surface area contributed by atoms with Gasteiger partial charge in [-0.25, -0.2) is 4.39 Å². The number of nitrogens with one attached hydrogen (secondary N) is 1. The minimum Gasteiger partial charge on any atom is -0.329 e. The van der Waals surface area contributed by atoms with Crippen molar-refractivity contribution in [2.24, 2.45) is 0 Å². The molecule has 3 rings (SSSR count). The summed E-state index contributed by atoms with van der Waals surface area (Å²) >= 11 is 3.21. The van der Waals surface area contributed by atoms with Crippen LogP contribution < -0.4 is 5.32 Å². The summed E-state index contributed by atoms with van der Waals surface area (Å²) in [6, 6.07) is 8.14. The molecule has 1 aliphatic rings. The van der Waals surface area contributed by atoms with Gasteiger partial charge in [0.15, 0.2) is 0 Å². The zero-order chi connectivity index (χ0) is 15.5. The van der Waals surface area contributed by atoms with Crippen molar-refractivity contribution in [1.29, 1.82) is 0 Å². The first kappa shape index (κ1) is 15.1. The lowest BCUT2D eigenvalue weighted by Gasteiger charge is -2.36. The number of rotatable bonds is 2. The first-order valence-corrected chi connectivity index (χ1v) is 7.83. The Labute approximate surface area is 136 Å². The Morgan fingerprint density at radius 2 is 2.27 bits per heavy atom. The third-order valence-corrected chi connectivity index (χ3v) is 4.23. The minimum absolute atomic E-state index is 0.0963. The molecule has 2 heterocycles. The van der Waals surface area contributed by atoms with Gasteiger partial charge in [0.2, 0.25) is 0 Å². The summed E-state index contributed by atoms with van der Waals surface area (Å²) in [6.45, 7) is 1.87. The van der Waals surface area contributed by atoms with Crippen molar-refractivity contribution in [1.82, 2.24) is 15.2 Å². The molecule has 1 N–H and O–H groups in total. The molecule has 0 saturated carbocycles. The molecule has 1 amide bonds. The van der Waals surface area contributed by atoms with Crippen molar-refractivity contribution >= 4 is 21.8 Å². The second kappa shape index (κ2) is 6.54. The summed E-state index contributed by atoms with van der Waals surface area (Å²) in [4.78, 5) is 18.6. The number of piperazine rings is 1. The maximum atomic E-state index is 14.1. The number of nitrogens with zero attached hydrogens (tertiary/aromatic N) is 2. The second-order valence-electron chi connectivity index (χ2n) is 5.13. The summed E-state index contributed by atoms with van der Waals surface area (Å²) in [5.41, 5.74) is 1.04. The average Bonchev–Trinajstić information content (AvgIpc) is 2.55. The highest BCUT2D eigenvalue weighted by molar-refractivity contribution is 9.10. The van der Waals surface area contributed by atoms with E-state index >= 15 is 0 Å². The van der Waals surface area contributed by atoms with Crippen molar-refractivity contribution in [3.8, 4) is 0 Å². The number of pyridine rings is 1. The van der Waals surface area contributed by atoms with Crippen LogP contribution in [0.1, 0.15) is 22.0 Å². The monoisotopic (exact) mass is 363 g/mol. The number of halogens is 2. The van der Waals surface area contributed by atoms with Crippen LogP contribution in [-0.4, -0.2) is 35.4 Å². The summed E-state index contributed by atoms with van der Waals surface area (Å²) in [7, 11) is 0. The van der Waals surface area contributed by atoms with Crippen LogP contribution in [0, 0.1) is 5.82 Å². The molecule has 1 saturated heterocycles. The van der Waals surface area contributed by atoms with Gasteiger partial charge in [-0.05, 0) is 29.8 Å². The molecule has 4 nitrogen and oxygen atoms in total. The normalized spacial score (nSPS) is 18.3. The molecule has 1 atom stereocenters. The number of benzene rings is 1. The van der Waals surface area contributed by atoms with Gasteiger partial charge in [-0.15, -0.1) is 0 Å². The zero-order valence-electron chi connectivity index (χ0n) is 11.8. The van der Waals surface area contributed by atoms with Gasteiger partial charge < -0.3 is 10.2 Å². The quantitative estimate of drug-likeness (QED) is 0.892. The fraction of sp³-hybridized carbons (Fsp3) is 0.250. The molecule has 22 heavy (non-hydrogen) atoms. The van der Waals surface area contributed by atoms with E-state index in [0.29, 0.717) is 24.1 Å². The van der Waals surface area contributed by atoms with Gasteiger partial charge in [0, 0.05) is 36.5 Å². The van der Waals surface area contributed by atoms with E-state index in [4.69, 9.17) is 0 Å². The van der Waals surface area contributed by atoms with Gasteiger partial charge in [0.25, 0.3) is 5.91 Å². The van der Waals surface area contributed by atoms with Gasteiger partial charge >= 0.3 is 0 Å². The van der Waals surface area contributed by atoms with Crippen molar-refractivity contribution in [3.63, 3.8) is 0 Å². The van der Waals surface area contributed by atoms with E-state index in [0.717, 1.165) is 5.56 Å². The summed E-state index contributed by atoms with van der Waals surface area (Å²) in [5, 5.41) is 3.27. The Balaban J connectivity index is 1.92. The summed E-state index contributed by atoms with van der Waals surface area (Å²) in [5.74, 6) is -0.803. The predicted octanol–water partition coefficient (Wildman–Crippen LogP) is 2.77. The van der Waals surface area contributed by atoms with Crippen LogP contribution in [-0.2, 0) is 0 Å². The standard InChI is InChI=1S/C16H15BrFN3O/c17-12-3-4-13(14(18)8-12)16(22)21-7-6-20-10-15(21)11-2-1-5-19-9-11/h1-5,8-9,15,20H,6-7,10H2. The fourth-order valence-electron chi connectivity index (χ4n) is 2.64. The van der Waals surface area contributed by atoms with E-state index in [-0.39, 0.29) is 17.5 Å². The smallest absolute Gasteiger partial charge is 0.257 e. The lowest BCUT2D eigenvalue weighted by Crippen LogP contribution is -2.48. The lowest BCUT2D eigenvalue weighted by molar-refractivity contribution is 0.0629. The molecule has 0 spiro atoms. The summed E-state index contributed by atoms with van der Waals surface area (Å²) in [6.07, 6.45) is 3.44. The highest BCUT2D eigenvalue weighted by Gasteiger charge is 2.30. The molecule has 0 aliphatic carbocycles. The van der Waals surface area contributed by atoms with E-state index in [9.17, 15) is 9.18 Å². The predicted molar refractivity (Wildman–Crippen MR) is 85.0 cm³/mol. The Kier molecular flexibility index (Phi) is 4.49. The third-order valence-electron chi connectivity index (χ3n) is 3.73. The molecule has 1 fully saturated rings. The first-order valence-electron chi connectivity index (χ1n) is 7.03. The molecule has 1 aromatic heterocycles. The van der Waals surface area contributed by atoms with E-state index in [2.05, 4.69) is 26.2 Å². The van der Waals surface area contributed by atoms with E-state index in [1.54, 1.807) is 23.4 Å². The van der Waals surface area contributed by atoms with Crippen molar-refractivity contribution < 1.29 is 9.18 Å². The van der Waals surface area contributed by atoms with Gasteiger partial charge in [0.1, 0.15) is 5.82 Å². The molecule has 1 unspecified atom stereocenters. The topological polar surface area (TPSA) is 45.2 Å². The van der Waals surface area contributed by atoms with Crippen LogP contribution in [0.2, 0.25) is 0 Å². The van der Waals surface area contributed by atoms with Gasteiger partial charge in [-0.3, -0.25) is 9.78 Å². The van der Waals surface area contributed by atoms with Crippen LogP contribution >= 0.6 is 15.9 Å². The molecular formula is C16H15BrFN3O. The third kappa shape index (κ3) is 3.03. The van der Waals surface area contributed by atoms with Gasteiger partial charge in [-0.2, -0.15) is 0 Å². The average molecular weight is 364 g/mol. The van der Waals surface area contributed by atoms with E-state index in [1.165, 1.54) is 12.1 Å². The van der Waals surface area contributed by atoms with Crippen LogP contribution in [0.3, 0.4) is 0 Å². The van der Waals surface area contributed by atoms with Crippen LogP contribution in [0.4, 0.5) is 4.39 Å². The Morgan fingerprint density at radius 1 is 1.41 bits per heavy atom. The molecule has 114 valence electrons. The van der Waals surface area contributed by atoms with Crippen molar-refractivity contribution in [2.75, 3.05) is 19.6 Å². The second-order valence-corrected chi connectivity index (χ2v) is 6.04. The number of hydrogen-bond donors (Lipinski definition) is 1. The van der Waals surface area contributed by atoms with Crippen molar-refractivity contribution in [3.05, 3.63) is 64.1 Å². The zero-order valence-corrected chi connectivity index (χ0v) is 13.4. The van der Waals surface area contributed by atoms with Crippen LogP contribution in [0.5, 0.6) is 0 Å². The molecule has 6 heteroatoms. The molecular weight excluding hydrogens is 349 g/mol. The Bertz CT molecular complexity index is 680. The molecule has 0 radical (unpaired) electrons. The molecule has 0 bridgehead atoms.